The molecule has 4 heteroatoms. The van der Waals surface area contributed by atoms with E-state index < -0.39 is 6.10 Å². The van der Waals surface area contributed by atoms with Crippen molar-refractivity contribution in [3.8, 4) is 0 Å². The number of hydrogen-bond acceptors (Lipinski definition) is 3. The topological polar surface area (TPSA) is 38.7 Å². The molecule has 0 aromatic rings. The van der Waals surface area contributed by atoms with Crippen LogP contribution < -0.4 is 0 Å². The summed E-state index contributed by atoms with van der Waals surface area (Å²) < 4.78 is 0. The standard InChI is InChI=1S/C7H15ClO3/c1-7(2,3)11-10-5-6(9)4-8/h6,9H,4-5H2,1-3H3. The van der Waals surface area contributed by atoms with E-state index in [1.807, 2.05) is 20.8 Å². The molecule has 0 radical (unpaired) electrons. The Balaban J connectivity index is 3.28. The monoisotopic (exact) mass is 182 g/mol. The largest absolute Gasteiger partial charge is 0.389 e. The van der Waals surface area contributed by atoms with E-state index in [0.29, 0.717) is 0 Å². The van der Waals surface area contributed by atoms with Crippen LogP contribution in [0.3, 0.4) is 0 Å². The van der Waals surface area contributed by atoms with Crippen LogP contribution in [-0.4, -0.2) is 29.3 Å². The summed E-state index contributed by atoms with van der Waals surface area (Å²) in [6, 6.07) is 0. The normalized spacial score (nSPS) is 15.0. The van der Waals surface area contributed by atoms with Crippen LogP contribution in [0.1, 0.15) is 20.8 Å². The highest BCUT2D eigenvalue weighted by molar-refractivity contribution is 6.18. The zero-order valence-electron chi connectivity index (χ0n) is 7.13. The van der Waals surface area contributed by atoms with Gasteiger partial charge < -0.3 is 5.11 Å². The first-order chi connectivity index (χ1) is 4.95. The molecule has 1 N–H and O–H groups in total. The van der Waals surface area contributed by atoms with Crippen LogP contribution in [0, 0.1) is 0 Å². The highest BCUT2D eigenvalue weighted by atomic mass is 35.5. The summed E-state index contributed by atoms with van der Waals surface area (Å²) in [6.07, 6.45) is -0.654. The summed E-state index contributed by atoms with van der Waals surface area (Å²) >= 11 is 5.32. The summed E-state index contributed by atoms with van der Waals surface area (Å²) in [5, 5.41) is 8.92. The number of hydrogen-bond donors (Lipinski definition) is 1. The molecule has 3 nitrogen and oxygen atoms in total. The van der Waals surface area contributed by atoms with Crippen molar-refractivity contribution in [3.05, 3.63) is 0 Å². The van der Waals surface area contributed by atoms with Gasteiger partial charge in [0.1, 0.15) is 6.61 Å². The number of aliphatic hydroxyl groups is 1. The molecule has 0 saturated heterocycles. The maximum Gasteiger partial charge on any atom is 0.109 e. The highest BCUT2D eigenvalue weighted by Crippen LogP contribution is 2.07. The zero-order valence-corrected chi connectivity index (χ0v) is 7.89. The zero-order chi connectivity index (χ0) is 8.91. The molecular formula is C7H15ClO3. The van der Waals surface area contributed by atoms with E-state index in [-0.39, 0.29) is 18.1 Å². The first kappa shape index (κ1) is 11.2. The van der Waals surface area contributed by atoms with Crippen LogP contribution in [0.5, 0.6) is 0 Å². The van der Waals surface area contributed by atoms with Crippen LogP contribution in [-0.2, 0) is 9.78 Å². The summed E-state index contributed by atoms with van der Waals surface area (Å²) in [6.45, 7) is 5.70. The molecule has 0 aromatic carbocycles. The Bertz CT molecular complexity index is 100. The van der Waals surface area contributed by atoms with Gasteiger partial charge in [-0.1, -0.05) is 0 Å². The molecule has 0 bridgehead atoms. The minimum absolute atomic E-state index is 0.112. The third-order valence-electron chi connectivity index (χ3n) is 0.747. The molecule has 0 spiro atoms. The molecule has 0 saturated carbocycles. The lowest BCUT2D eigenvalue weighted by Crippen LogP contribution is -2.24. The van der Waals surface area contributed by atoms with E-state index in [2.05, 4.69) is 0 Å². The molecule has 68 valence electrons. The number of aliphatic hydroxyl groups excluding tert-OH is 1. The predicted octanol–water partition coefficient (Wildman–Crippen LogP) is 1.33. The average molecular weight is 183 g/mol. The van der Waals surface area contributed by atoms with Crippen LogP contribution in [0.25, 0.3) is 0 Å². The molecule has 0 aliphatic rings. The lowest BCUT2D eigenvalue weighted by Gasteiger charge is -2.18. The van der Waals surface area contributed by atoms with Crippen molar-refractivity contribution < 1.29 is 14.9 Å². The average Bonchev–Trinajstić information content (AvgIpc) is 1.85. The van der Waals surface area contributed by atoms with Crippen molar-refractivity contribution >= 4 is 11.6 Å². The smallest absolute Gasteiger partial charge is 0.109 e. The molecular weight excluding hydrogens is 168 g/mol. The Labute approximate surface area is 72.2 Å². The van der Waals surface area contributed by atoms with Crippen LogP contribution in [0.4, 0.5) is 0 Å². The van der Waals surface area contributed by atoms with E-state index in [9.17, 15) is 0 Å². The van der Waals surface area contributed by atoms with Crippen molar-refractivity contribution in [2.45, 2.75) is 32.5 Å². The minimum atomic E-state index is -0.654. The third-order valence-corrected chi connectivity index (χ3v) is 1.10. The quantitative estimate of drug-likeness (QED) is 0.405. The SMILES string of the molecule is CC(C)(C)OOCC(O)CCl. The molecule has 0 aromatic heterocycles. The van der Waals surface area contributed by atoms with Gasteiger partial charge in [0, 0.05) is 0 Å². The maximum atomic E-state index is 8.92. The van der Waals surface area contributed by atoms with Crippen molar-refractivity contribution in [2.24, 2.45) is 0 Å². The Kier molecular flexibility index (Phi) is 5.01. The molecule has 0 rings (SSSR count). The second-order valence-corrected chi connectivity index (χ2v) is 3.60. The van der Waals surface area contributed by atoms with Crippen molar-refractivity contribution in [1.29, 1.82) is 0 Å². The van der Waals surface area contributed by atoms with Crippen molar-refractivity contribution in [2.75, 3.05) is 12.5 Å². The summed E-state index contributed by atoms with van der Waals surface area (Å²) in [7, 11) is 0. The van der Waals surface area contributed by atoms with E-state index in [1.54, 1.807) is 0 Å². The first-order valence-corrected chi connectivity index (χ1v) is 4.04. The van der Waals surface area contributed by atoms with Gasteiger partial charge in [-0.15, -0.1) is 11.6 Å². The lowest BCUT2D eigenvalue weighted by molar-refractivity contribution is -0.355. The fourth-order valence-corrected chi connectivity index (χ4v) is 0.423. The van der Waals surface area contributed by atoms with Gasteiger partial charge >= 0.3 is 0 Å². The molecule has 0 aliphatic carbocycles. The van der Waals surface area contributed by atoms with Gasteiger partial charge in [0.15, 0.2) is 0 Å². The summed E-state index contributed by atoms with van der Waals surface area (Å²) in [5.74, 6) is 0.160. The van der Waals surface area contributed by atoms with Gasteiger partial charge in [0.25, 0.3) is 0 Å². The summed E-state index contributed by atoms with van der Waals surface area (Å²) in [5.41, 5.74) is -0.341. The Hall–Kier alpha value is 0.170. The van der Waals surface area contributed by atoms with Gasteiger partial charge in [-0.05, 0) is 20.8 Å². The van der Waals surface area contributed by atoms with Crippen LogP contribution >= 0.6 is 11.6 Å². The summed E-state index contributed by atoms with van der Waals surface area (Å²) in [4.78, 5) is 9.60. The van der Waals surface area contributed by atoms with E-state index in [0.717, 1.165) is 0 Å². The van der Waals surface area contributed by atoms with Gasteiger partial charge in [0.05, 0.1) is 17.6 Å². The van der Waals surface area contributed by atoms with Gasteiger partial charge in [-0.2, -0.15) is 0 Å². The Morgan fingerprint density at radius 2 is 2.00 bits per heavy atom. The van der Waals surface area contributed by atoms with Crippen LogP contribution in [0.15, 0.2) is 0 Å². The molecule has 1 atom stereocenters. The van der Waals surface area contributed by atoms with Crippen molar-refractivity contribution in [3.63, 3.8) is 0 Å². The van der Waals surface area contributed by atoms with Gasteiger partial charge in [0.2, 0.25) is 0 Å². The first-order valence-electron chi connectivity index (χ1n) is 3.50. The lowest BCUT2D eigenvalue weighted by atomic mass is 10.2. The van der Waals surface area contributed by atoms with Crippen LogP contribution in [0.2, 0.25) is 0 Å². The number of rotatable bonds is 4. The Morgan fingerprint density at radius 3 is 2.36 bits per heavy atom. The number of alkyl halides is 1. The number of halogens is 1. The second-order valence-electron chi connectivity index (χ2n) is 3.29. The molecule has 11 heavy (non-hydrogen) atoms. The fraction of sp³-hybridized carbons (Fsp3) is 1.00. The molecule has 0 aliphatic heterocycles. The second kappa shape index (κ2) is 4.93. The van der Waals surface area contributed by atoms with Crippen molar-refractivity contribution in [1.82, 2.24) is 0 Å². The molecule has 0 heterocycles. The molecule has 1 unspecified atom stereocenters. The van der Waals surface area contributed by atoms with E-state index in [1.165, 1.54) is 0 Å². The minimum Gasteiger partial charge on any atom is -0.389 e. The van der Waals surface area contributed by atoms with E-state index >= 15 is 0 Å². The maximum absolute atomic E-state index is 8.92. The van der Waals surface area contributed by atoms with E-state index in [4.69, 9.17) is 26.5 Å². The third kappa shape index (κ3) is 8.07. The Morgan fingerprint density at radius 1 is 1.45 bits per heavy atom. The highest BCUT2D eigenvalue weighted by Gasteiger charge is 2.12. The molecule has 0 amide bonds. The van der Waals surface area contributed by atoms with Gasteiger partial charge in [-0.3, -0.25) is 0 Å². The van der Waals surface area contributed by atoms with Gasteiger partial charge in [-0.25, -0.2) is 9.78 Å². The molecule has 0 fully saturated rings. The fourth-order valence-electron chi connectivity index (χ4n) is 0.334. The predicted molar refractivity (Wildman–Crippen MR) is 43.5 cm³/mol.